The number of anilines is 1. The number of sulfonamides is 1. The van der Waals surface area contributed by atoms with E-state index in [2.05, 4.69) is 10.0 Å². The first kappa shape index (κ1) is 21.3. The van der Waals surface area contributed by atoms with Gasteiger partial charge in [0.25, 0.3) is 0 Å². The van der Waals surface area contributed by atoms with Gasteiger partial charge in [-0.1, -0.05) is 56.0 Å². The van der Waals surface area contributed by atoms with Gasteiger partial charge in [0.2, 0.25) is 10.0 Å². The summed E-state index contributed by atoms with van der Waals surface area (Å²) in [5.41, 5.74) is 1.35. The molecule has 29 heavy (non-hydrogen) atoms. The van der Waals surface area contributed by atoms with Crippen molar-refractivity contribution in [1.29, 1.82) is 0 Å². The van der Waals surface area contributed by atoms with Crippen LogP contribution in [0.25, 0.3) is 0 Å². The van der Waals surface area contributed by atoms with Crippen LogP contribution in [0.1, 0.15) is 67.4 Å². The van der Waals surface area contributed by atoms with Gasteiger partial charge in [0.1, 0.15) is 4.90 Å². The number of carboxylic acid groups (broad SMARTS) is 1. The van der Waals surface area contributed by atoms with Crippen LogP contribution in [0.2, 0.25) is 0 Å². The molecule has 0 radical (unpaired) electrons. The fourth-order valence-electron chi connectivity index (χ4n) is 3.74. The summed E-state index contributed by atoms with van der Waals surface area (Å²) < 4.78 is 29.2. The second kappa shape index (κ2) is 9.41. The van der Waals surface area contributed by atoms with Gasteiger partial charge in [0.05, 0.1) is 11.3 Å². The van der Waals surface area contributed by atoms with Crippen molar-refractivity contribution in [3.05, 3.63) is 59.7 Å². The van der Waals surface area contributed by atoms with E-state index in [0.717, 1.165) is 44.1 Å². The van der Waals surface area contributed by atoms with Gasteiger partial charge < -0.3 is 10.4 Å². The molecule has 1 aliphatic rings. The Kier molecular flexibility index (Phi) is 6.92. The molecule has 0 spiro atoms. The second-order valence-corrected chi connectivity index (χ2v) is 9.28. The standard InChI is InChI=1S/C22H28N2O4S/c1-16(17-9-5-4-6-10-17)23-20-14-13-18(22(25)26)15-21(20)29(27,28)24-19-11-7-2-3-8-12-19/h4-6,9-10,13-16,19,23-24H,2-3,7-8,11-12H2,1H3,(H,25,26). The predicted octanol–water partition coefficient (Wildman–Crippen LogP) is 4.56. The lowest BCUT2D eigenvalue weighted by Crippen LogP contribution is -2.35. The molecule has 2 aromatic carbocycles. The molecule has 1 aliphatic carbocycles. The third kappa shape index (κ3) is 5.58. The first-order valence-electron chi connectivity index (χ1n) is 10.1. The zero-order chi connectivity index (χ0) is 20.9. The highest BCUT2D eigenvalue weighted by atomic mass is 32.2. The number of rotatable bonds is 7. The van der Waals surface area contributed by atoms with Gasteiger partial charge in [-0.15, -0.1) is 0 Å². The van der Waals surface area contributed by atoms with E-state index in [1.165, 1.54) is 18.2 Å². The molecule has 1 atom stereocenters. The van der Waals surface area contributed by atoms with Gasteiger partial charge in [-0.25, -0.2) is 17.9 Å². The number of hydrogen-bond donors (Lipinski definition) is 3. The van der Waals surface area contributed by atoms with E-state index in [1.54, 1.807) is 0 Å². The third-order valence-corrected chi connectivity index (χ3v) is 6.93. The summed E-state index contributed by atoms with van der Waals surface area (Å²) in [7, 11) is -3.87. The molecule has 156 valence electrons. The Balaban J connectivity index is 1.91. The average Bonchev–Trinajstić information content (AvgIpc) is 2.96. The van der Waals surface area contributed by atoms with Crippen LogP contribution in [-0.2, 0) is 10.0 Å². The smallest absolute Gasteiger partial charge is 0.335 e. The van der Waals surface area contributed by atoms with Gasteiger partial charge in [0, 0.05) is 12.1 Å². The fraction of sp³-hybridized carbons (Fsp3) is 0.409. The summed E-state index contributed by atoms with van der Waals surface area (Å²) in [6.45, 7) is 1.94. The zero-order valence-corrected chi connectivity index (χ0v) is 17.4. The van der Waals surface area contributed by atoms with E-state index < -0.39 is 16.0 Å². The first-order valence-corrected chi connectivity index (χ1v) is 11.6. The molecular weight excluding hydrogens is 388 g/mol. The molecule has 0 aromatic heterocycles. The van der Waals surface area contributed by atoms with Crippen molar-refractivity contribution in [2.24, 2.45) is 0 Å². The number of benzene rings is 2. The van der Waals surface area contributed by atoms with Crippen LogP contribution < -0.4 is 10.0 Å². The second-order valence-electron chi connectivity index (χ2n) is 7.60. The zero-order valence-electron chi connectivity index (χ0n) is 16.6. The van der Waals surface area contributed by atoms with E-state index in [9.17, 15) is 18.3 Å². The highest BCUT2D eigenvalue weighted by Gasteiger charge is 2.25. The largest absolute Gasteiger partial charge is 0.478 e. The molecule has 0 bridgehead atoms. The molecule has 7 heteroatoms. The van der Waals surface area contributed by atoms with Crippen molar-refractivity contribution in [2.45, 2.75) is 62.4 Å². The molecule has 3 N–H and O–H groups in total. The maximum atomic E-state index is 13.2. The van der Waals surface area contributed by atoms with Crippen LogP contribution in [0, 0.1) is 0 Å². The topological polar surface area (TPSA) is 95.5 Å². The molecule has 1 fully saturated rings. The van der Waals surface area contributed by atoms with E-state index in [4.69, 9.17) is 0 Å². The van der Waals surface area contributed by atoms with Crippen LogP contribution in [0.5, 0.6) is 0 Å². The minimum atomic E-state index is -3.87. The number of carbonyl (C=O) groups is 1. The van der Waals surface area contributed by atoms with E-state index >= 15 is 0 Å². The molecule has 1 unspecified atom stereocenters. The van der Waals surface area contributed by atoms with Crippen molar-refractivity contribution in [3.63, 3.8) is 0 Å². The van der Waals surface area contributed by atoms with Gasteiger partial charge in [-0.3, -0.25) is 0 Å². The minimum absolute atomic E-state index is 0.0237. The molecule has 0 amide bonds. The maximum Gasteiger partial charge on any atom is 0.335 e. The molecule has 1 saturated carbocycles. The van der Waals surface area contributed by atoms with Crippen molar-refractivity contribution >= 4 is 21.7 Å². The Morgan fingerprint density at radius 3 is 2.31 bits per heavy atom. The van der Waals surface area contributed by atoms with Crippen molar-refractivity contribution in [1.82, 2.24) is 4.72 Å². The summed E-state index contributed by atoms with van der Waals surface area (Å²) in [6.07, 6.45) is 5.85. The molecular formula is C22H28N2O4S. The van der Waals surface area contributed by atoms with Crippen LogP contribution in [-0.4, -0.2) is 25.5 Å². The summed E-state index contributed by atoms with van der Waals surface area (Å²) >= 11 is 0. The van der Waals surface area contributed by atoms with Crippen LogP contribution in [0.3, 0.4) is 0 Å². The van der Waals surface area contributed by atoms with Crippen LogP contribution >= 0.6 is 0 Å². The average molecular weight is 417 g/mol. The van der Waals surface area contributed by atoms with Crippen LogP contribution in [0.15, 0.2) is 53.4 Å². The number of hydrogen-bond acceptors (Lipinski definition) is 4. The van der Waals surface area contributed by atoms with E-state index in [-0.39, 0.29) is 22.5 Å². The Labute approximate surface area is 172 Å². The summed E-state index contributed by atoms with van der Waals surface area (Å²) in [5.74, 6) is -1.15. The Morgan fingerprint density at radius 2 is 1.69 bits per heavy atom. The molecule has 0 saturated heterocycles. The molecule has 3 rings (SSSR count). The lowest BCUT2D eigenvalue weighted by atomic mass is 10.1. The van der Waals surface area contributed by atoms with Gasteiger partial charge >= 0.3 is 5.97 Å². The number of aromatic carboxylic acids is 1. The normalized spacial score (nSPS) is 16.7. The SMILES string of the molecule is CC(Nc1ccc(C(=O)O)cc1S(=O)(=O)NC1CCCCCC1)c1ccccc1. The lowest BCUT2D eigenvalue weighted by molar-refractivity contribution is 0.0696. The Bertz CT molecular complexity index is 937. The maximum absolute atomic E-state index is 13.2. The number of carboxylic acids is 1. The first-order chi connectivity index (χ1) is 13.9. The van der Waals surface area contributed by atoms with E-state index in [1.807, 2.05) is 37.3 Å². The third-order valence-electron chi connectivity index (χ3n) is 5.37. The predicted molar refractivity (Wildman–Crippen MR) is 114 cm³/mol. The Morgan fingerprint density at radius 1 is 1.03 bits per heavy atom. The summed E-state index contributed by atoms with van der Waals surface area (Å²) in [6, 6.07) is 13.6. The highest BCUT2D eigenvalue weighted by Crippen LogP contribution is 2.28. The summed E-state index contributed by atoms with van der Waals surface area (Å²) in [5, 5.41) is 12.6. The fourth-order valence-corrected chi connectivity index (χ4v) is 5.24. The molecule has 0 heterocycles. The lowest BCUT2D eigenvalue weighted by Gasteiger charge is -2.21. The minimum Gasteiger partial charge on any atom is -0.478 e. The molecule has 2 aromatic rings. The molecule has 0 aliphatic heterocycles. The highest BCUT2D eigenvalue weighted by molar-refractivity contribution is 7.89. The monoisotopic (exact) mass is 416 g/mol. The van der Waals surface area contributed by atoms with Gasteiger partial charge in [0.15, 0.2) is 0 Å². The van der Waals surface area contributed by atoms with Crippen molar-refractivity contribution < 1.29 is 18.3 Å². The van der Waals surface area contributed by atoms with Crippen LogP contribution in [0.4, 0.5) is 5.69 Å². The van der Waals surface area contributed by atoms with Gasteiger partial charge in [-0.2, -0.15) is 0 Å². The molecule has 6 nitrogen and oxygen atoms in total. The van der Waals surface area contributed by atoms with E-state index in [0.29, 0.717) is 5.69 Å². The summed E-state index contributed by atoms with van der Waals surface area (Å²) in [4.78, 5) is 11.4. The quantitative estimate of drug-likeness (QED) is 0.575. The van der Waals surface area contributed by atoms with Gasteiger partial charge in [-0.05, 0) is 43.5 Å². The van der Waals surface area contributed by atoms with Crippen molar-refractivity contribution in [3.8, 4) is 0 Å². The Hall–Kier alpha value is -2.38. The number of nitrogens with one attached hydrogen (secondary N) is 2. The van der Waals surface area contributed by atoms with Crippen molar-refractivity contribution in [2.75, 3.05) is 5.32 Å².